The van der Waals surface area contributed by atoms with Gasteiger partial charge in [0.1, 0.15) is 11.6 Å². The first-order valence-electron chi connectivity index (χ1n) is 15.5. The predicted molar refractivity (Wildman–Crippen MR) is 182 cm³/mol. The van der Waals surface area contributed by atoms with Crippen molar-refractivity contribution in [1.29, 1.82) is 0 Å². The number of aromatic nitrogens is 1. The van der Waals surface area contributed by atoms with Crippen molar-refractivity contribution in [3.63, 3.8) is 0 Å². The topological polar surface area (TPSA) is 103 Å². The van der Waals surface area contributed by atoms with Crippen molar-refractivity contribution in [3.8, 4) is 11.5 Å². The SMILES string of the molecule is CCC1CCC(=O)CC(=O)C=Cc2cc(OC)c(O)cc2Cc2cnc(N)c(c2)C(C2(c3ccccc3)CCCC2)SSC1. The summed E-state index contributed by atoms with van der Waals surface area (Å²) in [6.07, 6.45) is 12.0. The van der Waals surface area contributed by atoms with E-state index < -0.39 is 0 Å². The zero-order chi connectivity index (χ0) is 31.1. The minimum Gasteiger partial charge on any atom is -0.504 e. The lowest BCUT2D eigenvalue weighted by molar-refractivity contribution is -0.124. The first kappa shape index (κ1) is 32.2. The summed E-state index contributed by atoms with van der Waals surface area (Å²) in [7, 11) is 5.26. The third-order valence-electron chi connectivity index (χ3n) is 9.17. The Labute approximate surface area is 268 Å². The number of carbonyl (C=O) groups excluding carboxylic acids is 2. The van der Waals surface area contributed by atoms with Gasteiger partial charge in [0.15, 0.2) is 17.3 Å². The molecule has 3 aromatic rings. The number of aromatic hydroxyl groups is 1. The Morgan fingerprint density at radius 3 is 2.57 bits per heavy atom. The van der Waals surface area contributed by atoms with E-state index in [-0.39, 0.29) is 34.4 Å². The number of ether oxygens (including phenoxy) is 1. The van der Waals surface area contributed by atoms with E-state index in [0.717, 1.165) is 53.7 Å². The molecule has 6 nitrogen and oxygen atoms in total. The predicted octanol–water partition coefficient (Wildman–Crippen LogP) is 8.26. The summed E-state index contributed by atoms with van der Waals surface area (Å²) >= 11 is 0. The average molecular weight is 631 g/mol. The van der Waals surface area contributed by atoms with Crippen LogP contribution in [0.4, 0.5) is 5.82 Å². The molecule has 2 atom stereocenters. The monoisotopic (exact) mass is 630 g/mol. The molecule has 2 aromatic carbocycles. The van der Waals surface area contributed by atoms with Gasteiger partial charge < -0.3 is 15.6 Å². The van der Waals surface area contributed by atoms with E-state index in [1.54, 1.807) is 18.2 Å². The second kappa shape index (κ2) is 14.7. The molecule has 1 aliphatic carbocycles. The molecule has 1 saturated carbocycles. The molecule has 3 N–H and O–H groups in total. The number of fused-ring (bicyclic) bond motifs is 3. The zero-order valence-corrected chi connectivity index (χ0v) is 27.2. The van der Waals surface area contributed by atoms with Gasteiger partial charge in [0, 0.05) is 29.3 Å². The van der Waals surface area contributed by atoms with Gasteiger partial charge in [-0.15, -0.1) is 0 Å². The second-order valence-electron chi connectivity index (χ2n) is 12.0. The van der Waals surface area contributed by atoms with Crippen molar-refractivity contribution in [1.82, 2.24) is 4.98 Å². The molecular formula is C36H42N2O4S2. The van der Waals surface area contributed by atoms with Crippen LogP contribution in [0.15, 0.2) is 60.8 Å². The van der Waals surface area contributed by atoms with Gasteiger partial charge in [-0.2, -0.15) is 0 Å². The number of benzene rings is 2. The maximum Gasteiger partial charge on any atom is 0.163 e. The van der Waals surface area contributed by atoms with Crippen LogP contribution in [0.3, 0.4) is 0 Å². The molecule has 1 fully saturated rings. The first-order chi connectivity index (χ1) is 21.3. The number of methoxy groups -OCH3 is 1. The molecule has 1 aliphatic heterocycles. The molecule has 0 saturated heterocycles. The lowest BCUT2D eigenvalue weighted by Crippen LogP contribution is -2.29. The molecule has 0 radical (unpaired) electrons. The molecule has 0 spiro atoms. The third kappa shape index (κ3) is 7.35. The number of anilines is 1. The number of ketones is 2. The highest BCUT2D eigenvalue weighted by molar-refractivity contribution is 8.76. The molecule has 44 heavy (non-hydrogen) atoms. The minimum absolute atomic E-state index is 0.0243. The fraction of sp³-hybridized carbons (Fsp3) is 0.417. The smallest absolute Gasteiger partial charge is 0.163 e. The number of nitrogen functional groups attached to an aromatic ring is 1. The summed E-state index contributed by atoms with van der Waals surface area (Å²) in [5.74, 6) is 1.94. The van der Waals surface area contributed by atoms with Crippen LogP contribution in [0.2, 0.25) is 0 Å². The Bertz CT molecular complexity index is 1500. The summed E-state index contributed by atoms with van der Waals surface area (Å²) in [6.45, 7) is 2.18. The first-order valence-corrected chi connectivity index (χ1v) is 17.9. The fourth-order valence-corrected chi connectivity index (χ4v) is 10.3. The number of hydrogen-bond donors (Lipinski definition) is 2. The van der Waals surface area contributed by atoms with Gasteiger partial charge in [0.05, 0.1) is 18.8 Å². The van der Waals surface area contributed by atoms with Crippen LogP contribution >= 0.6 is 21.6 Å². The summed E-state index contributed by atoms with van der Waals surface area (Å²) in [6, 6.07) is 16.5. The molecule has 8 heteroatoms. The van der Waals surface area contributed by atoms with E-state index in [2.05, 4.69) is 43.3 Å². The highest BCUT2D eigenvalue weighted by atomic mass is 33.1. The number of phenols is 1. The van der Waals surface area contributed by atoms with Gasteiger partial charge in [-0.3, -0.25) is 9.59 Å². The van der Waals surface area contributed by atoms with Crippen molar-refractivity contribution in [2.24, 2.45) is 5.92 Å². The number of hydrogen-bond acceptors (Lipinski definition) is 8. The van der Waals surface area contributed by atoms with E-state index in [9.17, 15) is 14.7 Å². The van der Waals surface area contributed by atoms with Crippen LogP contribution in [0.1, 0.15) is 91.4 Å². The number of pyridine rings is 1. The van der Waals surface area contributed by atoms with E-state index in [4.69, 9.17) is 15.5 Å². The normalized spacial score (nSPS) is 21.3. The molecular weight excluding hydrogens is 589 g/mol. The van der Waals surface area contributed by atoms with Crippen molar-refractivity contribution < 1.29 is 19.4 Å². The van der Waals surface area contributed by atoms with Crippen molar-refractivity contribution in [3.05, 3.63) is 88.6 Å². The second-order valence-corrected chi connectivity index (χ2v) is 14.6. The van der Waals surface area contributed by atoms with Crippen LogP contribution in [0, 0.1) is 5.92 Å². The molecule has 1 aromatic heterocycles. The Balaban J connectivity index is 1.62. The molecule has 5 rings (SSSR count). The molecule has 232 valence electrons. The van der Waals surface area contributed by atoms with Crippen molar-refractivity contribution >= 4 is 45.0 Å². The van der Waals surface area contributed by atoms with Gasteiger partial charge in [-0.1, -0.05) is 84.2 Å². The van der Waals surface area contributed by atoms with E-state index in [0.29, 0.717) is 30.3 Å². The van der Waals surface area contributed by atoms with Gasteiger partial charge in [0.25, 0.3) is 0 Å². The highest BCUT2D eigenvalue weighted by Crippen LogP contribution is 2.59. The van der Waals surface area contributed by atoms with Gasteiger partial charge in [-0.05, 0) is 78.1 Å². The maximum absolute atomic E-state index is 12.8. The van der Waals surface area contributed by atoms with Crippen LogP contribution in [-0.2, 0) is 21.4 Å². The van der Waals surface area contributed by atoms with Crippen LogP contribution in [0.5, 0.6) is 11.5 Å². The summed E-state index contributed by atoms with van der Waals surface area (Å²) in [5, 5.41) is 10.7. The van der Waals surface area contributed by atoms with Crippen molar-refractivity contribution in [2.75, 3.05) is 18.6 Å². The fourth-order valence-electron chi connectivity index (χ4n) is 6.58. The van der Waals surface area contributed by atoms with Gasteiger partial charge in [0.2, 0.25) is 0 Å². The number of phenolic OH excluding ortho intramolecular Hbond substituents is 1. The van der Waals surface area contributed by atoms with Crippen LogP contribution < -0.4 is 10.5 Å². The third-order valence-corrected chi connectivity index (χ3v) is 12.2. The molecule has 2 heterocycles. The minimum atomic E-state index is -0.228. The highest BCUT2D eigenvalue weighted by Gasteiger charge is 2.45. The molecule has 2 bridgehead atoms. The Hall–Kier alpha value is -3.23. The lowest BCUT2D eigenvalue weighted by atomic mass is 9.73. The maximum atomic E-state index is 12.8. The van der Waals surface area contributed by atoms with E-state index in [1.807, 2.05) is 27.8 Å². The number of allylic oxidation sites excluding steroid dienone is 1. The average Bonchev–Trinajstić information content (AvgIpc) is 3.52. The van der Waals surface area contributed by atoms with Gasteiger partial charge in [-0.25, -0.2) is 4.98 Å². The number of nitrogens with zero attached hydrogens (tertiary/aromatic N) is 1. The summed E-state index contributed by atoms with van der Waals surface area (Å²) < 4.78 is 5.37. The standard InChI is InChI=1S/C36H42N2O4S2/c1-3-24-11-13-29(39)21-30(40)14-12-26-20-33(42-2)32(41)19-27(26)17-25-18-31(35(37)38-22-25)34(44-43-23-24)36(15-7-8-16-36)28-9-5-4-6-10-28/h4-6,9-10,12,14,18-20,22,24,34,41H,3,7-8,11,13,15-17,21,23H2,1-2H3,(H2,37,38). The Morgan fingerprint density at radius 2 is 1.84 bits per heavy atom. The summed E-state index contributed by atoms with van der Waals surface area (Å²) in [4.78, 5) is 30.2. The quantitative estimate of drug-likeness (QED) is 0.219. The van der Waals surface area contributed by atoms with E-state index in [1.165, 1.54) is 31.6 Å². The van der Waals surface area contributed by atoms with Crippen molar-refractivity contribution in [2.45, 2.75) is 75.4 Å². The Kier molecular flexibility index (Phi) is 10.7. The lowest BCUT2D eigenvalue weighted by Gasteiger charge is -2.38. The van der Waals surface area contributed by atoms with E-state index >= 15 is 0 Å². The molecule has 2 aliphatic rings. The van der Waals surface area contributed by atoms with Crippen LogP contribution in [-0.4, -0.2) is 34.5 Å². The number of Topliss-reactive ketones (excluding diaryl/α,β-unsaturated/α-hetero) is 1. The van der Waals surface area contributed by atoms with Crippen LogP contribution in [0.25, 0.3) is 6.08 Å². The zero-order valence-electron chi connectivity index (χ0n) is 25.6. The Morgan fingerprint density at radius 1 is 1.07 bits per heavy atom. The molecule has 2 unspecified atom stereocenters. The summed E-state index contributed by atoms with van der Waals surface area (Å²) in [5.41, 5.74) is 11.6. The number of carbonyl (C=O) groups is 2. The van der Waals surface area contributed by atoms with Gasteiger partial charge >= 0.3 is 0 Å². The molecule has 0 amide bonds. The number of nitrogens with two attached hydrogens (primary N) is 1. The largest absolute Gasteiger partial charge is 0.504 e. The number of rotatable bonds is 4.